The third-order valence-corrected chi connectivity index (χ3v) is 5.24. The molecule has 0 radical (unpaired) electrons. The Morgan fingerprint density at radius 2 is 1.84 bits per heavy atom. The lowest BCUT2D eigenvalue weighted by Gasteiger charge is -2.28. The summed E-state index contributed by atoms with van der Waals surface area (Å²) < 4.78 is 31.5. The second-order valence-electron chi connectivity index (χ2n) is 5.43. The quantitative estimate of drug-likeness (QED) is 0.768. The highest BCUT2D eigenvalue weighted by atomic mass is 79.9. The number of ether oxygens (including phenoxy) is 1. The minimum atomic E-state index is -3.66. The summed E-state index contributed by atoms with van der Waals surface area (Å²) in [4.78, 5) is 12.6. The summed E-state index contributed by atoms with van der Waals surface area (Å²) in [6, 6.07) is 12.6. The Labute approximate surface area is 156 Å². The van der Waals surface area contributed by atoms with Crippen LogP contribution in [-0.4, -0.2) is 33.7 Å². The zero-order valence-corrected chi connectivity index (χ0v) is 16.5. The van der Waals surface area contributed by atoms with E-state index in [0.717, 1.165) is 15.0 Å². The van der Waals surface area contributed by atoms with Gasteiger partial charge < -0.3 is 10.1 Å². The average molecular weight is 427 g/mol. The Morgan fingerprint density at radius 3 is 2.36 bits per heavy atom. The maximum absolute atomic E-state index is 12.6. The summed E-state index contributed by atoms with van der Waals surface area (Å²) in [5.41, 5.74) is 0.967. The molecule has 0 saturated carbocycles. The maximum atomic E-state index is 12.6. The zero-order valence-electron chi connectivity index (χ0n) is 14.1. The summed E-state index contributed by atoms with van der Waals surface area (Å²) in [6.45, 7) is 1.54. The molecular formula is C17H19BrN2O4S. The van der Waals surface area contributed by atoms with E-state index in [1.165, 1.54) is 7.11 Å². The van der Waals surface area contributed by atoms with Crippen LogP contribution in [0, 0.1) is 0 Å². The normalized spacial score (nSPS) is 12.3. The Bertz CT molecular complexity index is 853. The lowest BCUT2D eigenvalue weighted by atomic mass is 10.2. The van der Waals surface area contributed by atoms with Crippen LogP contribution in [0.1, 0.15) is 6.92 Å². The van der Waals surface area contributed by atoms with Crippen LogP contribution in [0.3, 0.4) is 0 Å². The van der Waals surface area contributed by atoms with Crippen molar-refractivity contribution >= 4 is 43.2 Å². The second-order valence-corrected chi connectivity index (χ2v) is 8.21. The summed E-state index contributed by atoms with van der Waals surface area (Å²) >= 11 is 3.33. The van der Waals surface area contributed by atoms with Crippen molar-refractivity contribution in [2.24, 2.45) is 0 Å². The molecule has 0 spiro atoms. The molecule has 0 aliphatic heterocycles. The molecule has 2 rings (SSSR count). The topological polar surface area (TPSA) is 75.7 Å². The number of rotatable bonds is 6. The molecule has 0 saturated heterocycles. The number of anilines is 2. The fraction of sp³-hybridized carbons (Fsp3) is 0.235. The maximum Gasteiger partial charge on any atom is 0.247 e. The lowest BCUT2D eigenvalue weighted by Crippen LogP contribution is -2.45. The molecule has 0 bridgehead atoms. The highest BCUT2D eigenvalue weighted by molar-refractivity contribution is 9.10. The van der Waals surface area contributed by atoms with Gasteiger partial charge in [-0.2, -0.15) is 0 Å². The molecule has 0 aromatic heterocycles. The van der Waals surface area contributed by atoms with Crippen molar-refractivity contribution in [3.05, 3.63) is 53.0 Å². The molecule has 0 aliphatic rings. The van der Waals surface area contributed by atoms with Gasteiger partial charge >= 0.3 is 0 Å². The summed E-state index contributed by atoms with van der Waals surface area (Å²) in [7, 11) is -2.13. The SMILES string of the molecule is COc1ccc(N([C@H](C)C(=O)Nc2cccc(Br)c2)S(C)(=O)=O)cc1. The van der Waals surface area contributed by atoms with Crippen molar-refractivity contribution in [1.82, 2.24) is 0 Å². The monoisotopic (exact) mass is 426 g/mol. The lowest BCUT2D eigenvalue weighted by molar-refractivity contribution is -0.116. The number of nitrogens with zero attached hydrogens (tertiary/aromatic N) is 1. The van der Waals surface area contributed by atoms with Gasteiger partial charge in [-0.15, -0.1) is 0 Å². The van der Waals surface area contributed by atoms with Crippen LogP contribution >= 0.6 is 15.9 Å². The fourth-order valence-corrected chi connectivity index (χ4v) is 3.92. The van der Waals surface area contributed by atoms with Gasteiger partial charge in [-0.3, -0.25) is 9.10 Å². The summed E-state index contributed by atoms with van der Waals surface area (Å²) in [5, 5.41) is 2.73. The van der Waals surface area contributed by atoms with Crippen LogP contribution in [0.15, 0.2) is 53.0 Å². The average Bonchev–Trinajstić information content (AvgIpc) is 2.54. The minimum absolute atomic E-state index is 0.389. The number of hydrogen-bond acceptors (Lipinski definition) is 4. The first-order chi connectivity index (χ1) is 11.7. The number of benzene rings is 2. The van der Waals surface area contributed by atoms with Gasteiger partial charge in [0.15, 0.2) is 0 Å². The highest BCUT2D eigenvalue weighted by Gasteiger charge is 2.29. The summed E-state index contributed by atoms with van der Waals surface area (Å²) in [6.07, 6.45) is 1.07. The van der Waals surface area contributed by atoms with Gasteiger partial charge in [-0.05, 0) is 49.4 Å². The standard InChI is InChI=1S/C17H19BrN2O4S/c1-12(17(21)19-14-6-4-5-13(18)11-14)20(25(3,22)23)15-7-9-16(24-2)10-8-15/h4-12H,1-3H3,(H,19,21)/t12-/m1/s1. The van der Waals surface area contributed by atoms with Crippen molar-refractivity contribution in [2.45, 2.75) is 13.0 Å². The number of carbonyl (C=O) groups is 1. The van der Waals surface area contributed by atoms with Gasteiger partial charge in [0.2, 0.25) is 15.9 Å². The fourth-order valence-electron chi connectivity index (χ4n) is 2.35. The Morgan fingerprint density at radius 1 is 1.20 bits per heavy atom. The number of halogens is 1. The van der Waals surface area contributed by atoms with Gasteiger partial charge in [-0.25, -0.2) is 8.42 Å². The van der Waals surface area contributed by atoms with E-state index >= 15 is 0 Å². The van der Waals surface area contributed by atoms with Crippen LogP contribution in [0.2, 0.25) is 0 Å². The predicted octanol–water partition coefficient (Wildman–Crippen LogP) is 3.25. The smallest absolute Gasteiger partial charge is 0.247 e. The van der Waals surface area contributed by atoms with Crippen LogP contribution in [0.4, 0.5) is 11.4 Å². The molecule has 0 aliphatic carbocycles. The van der Waals surface area contributed by atoms with Crippen LogP contribution in [-0.2, 0) is 14.8 Å². The Hall–Kier alpha value is -2.06. The molecule has 2 aromatic rings. The van der Waals surface area contributed by atoms with Crippen molar-refractivity contribution in [1.29, 1.82) is 0 Å². The van der Waals surface area contributed by atoms with E-state index in [9.17, 15) is 13.2 Å². The van der Waals surface area contributed by atoms with Crippen molar-refractivity contribution < 1.29 is 17.9 Å². The van der Waals surface area contributed by atoms with Gasteiger partial charge in [0.25, 0.3) is 0 Å². The number of hydrogen-bond donors (Lipinski definition) is 1. The molecule has 134 valence electrons. The van der Waals surface area contributed by atoms with Gasteiger partial charge in [-0.1, -0.05) is 22.0 Å². The molecule has 6 nitrogen and oxygen atoms in total. The van der Waals surface area contributed by atoms with E-state index in [2.05, 4.69) is 21.2 Å². The molecule has 0 unspecified atom stereocenters. The Balaban J connectivity index is 2.29. The van der Waals surface area contributed by atoms with Gasteiger partial charge in [0.1, 0.15) is 11.8 Å². The van der Waals surface area contributed by atoms with Gasteiger partial charge in [0, 0.05) is 10.2 Å². The number of carbonyl (C=O) groups excluding carboxylic acids is 1. The zero-order chi connectivity index (χ0) is 18.6. The van der Waals surface area contributed by atoms with Crippen molar-refractivity contribution in [3.8, 4) is 5.75 Å². The first-order valence-corrected chi connectivity index (χ1v) is 10.1. The second kappa shape index (κ2) is 7.88. The first kappa shape index (κ1) is 19.3. The number of sulfonamides is 1. The molecule has 0 fully saturated rings. The number of amides is 1. The Kier molecular flexibility index (Phi) is 6.07. The first-order valence-electron chi connectivity index (χ1n) is 7.42. The third kappa shape index (κ3) is 4.96. The third-order valence-electron chi connectivity index (χ3n) is 3.51. The van der Waals surface area contributed by atoms with E-state index in [0.29, 0.717) is 17.1 Å². The van der Waals surface area contributed by atoms with Crippen molar-refractivity contribution in [3.63, 3.8) is 0 Å². The molecule has 2 aromatic carbocycles. The highest BCUT2D eigenvalue weighted by Crippen LogP contribution is 2.24. The van der Waals surface area contributed by atoms with E-state index < -0.39 is 22.0 Å². The molecule has 25 heavy (non-hydrogen) atoms. The van der Waals surface area contributed by atoms with E-state index in [-0.39, 0.29) is 0 Å². The summed E-state index contributed by atoms with van der Waals surface area (Å²) in [5.74, 6) is 0.169. The molecule has 0 heterocycles. The molecule has 8 heteroatoms. The van der Waals surface area contributed by atoms with Crippen LogP contribution in [0.25, 0.3) is 0 Å². The van der Waals surface area contributed by atoms with E-state index in [1.807, 2.05) is 6.07 Å². The van der Waals surface area contributed by atoms with Crippen LogP contribution in [0.5, 0.6) is 5.75 Å². The minimum Gasteiger partial charge on any atom is -0.497 e. The number of methoxy groups -OCH3 is 1. The van der Waals surface area contributed by atoms with Gasteiger partial charge in [0.05, 0.1) is 19.1 Å². The van der Waals surface area contributed by atoms with E-state index in [1.54, 1.807) is 49.4 Å². The van der Waals surface area contributed by atoms with Crippen LogP contribution < -0.4 is 14.4 Å². The molecule has 1 N–H and O–H groups in total. The molecular weight excluding hydrogens is 408 g/mol. The van der Waals surface area contributed by atoms with E-state index in [4.69, 9.17) is 4.74 Å². The number of nitrogens with one attached hydrogen (secondary N) is 1. The molecule has 1 amide bonds. The molecule has 1 atom stereocenters. The largest absolute Gasteiger partial charge is 0.497 e. The van der Waals surface area contributed by atoms with Crippen molar-refractivity contribution in [2.75, 3.05) is 23.0 Å². The predicted molar refractivity (Wildman–Crippen MR) is 103 cm³/mol.